The minimum Gasteiger partial charge on any atom is -0.349 e. The third kappa shape index (κ3) is 7.18. The fourth-order valence-electron chi connectivity index (χ4n) is 5.35. The molecule has 3 aromatic rings. The molecule has 0 radical (unpaired) electrons. The summed E-state index contributed by atoms with van der Waals surface area (Å²) in [7, 11) is 0. The first-order valence-electron chi connectivity index (χ1n) is 13.8. The van der Waals surface area contributed by atoms with Crippen LogP contribution in [0, 0.1) is 11.8 Å². The van der Waals surface area contributed by atoms with Crippen LogP contribution in [0.4, 0.5) is 26.3 Å². The SMILES string of the molecule is O=C(CCC(F)(F)F)N[C@@H](c1cnn2cc([C@@H](NC(=O)c3ncnn3CCF)C3CCC(F)(F)CC3)nc2c1)C1CC1. The fourth-order valence-corrected chi connectivity index (χ4v) is 5.35. The molecule has 228 valence electrons. The molecule has 0 bridgehead atoms. The van der Waals surface area contributed by atoms with Gasteiger partial charge in [-0.2, -0.15) is 23.4 Å². The van der Waals surface area contributed by atoms with Crippen LogP contribution in [-0.4, -0.2) is 60.0 Å². The number of carbonyl (C=O) groups excluding carboxylic acids is 2. The Morgan fingerprint density at radius 3 is 2.43 bits per heavy atom. The van der Waals surface area contributed by atoms with Crippen molar-refractivity contribution < 1.29 is 35.9 Å². The standard InChI is InChI=1S/C26H30F6N8O2/c27-9-10-39-23(33-14-35-39)24(42)38-22(16-3-6-25(28,29)7-4-16)18-13-40-19(36-18)11-17(12-34-40)21(15-1-2-15)37-20(41)5-8-26(30,31)32/h11-16,21-22H,1-10H2,(H,37,41)(H,38,42)/t21-,22+/m1/s1. The highest BCUT2D eigenvalue weighted by Crippen LogP contribution is 2.43. The maximum Gasteiger partial charge on any atom is 0.389 e. The quantitative estimate of drug-likeness (QED) is 0.313. The number of nitrogens with one attached hydrogen (secondary N) is 2. The Hall–Kier alpha value is -3.72. The van der Waals surface area contributed by atoms with Crippen molar-refractivity contribution >= 4 is 17.5 Å². The molecule has 2 N–H and O–H groups in total. The number of nitrogens with zero attached hydrogens (tertiary/aromatic N) is 6. The van der Waals surface area contributed by atoms with E-state index in [-0.39, 0.29) is 49.9 Å². The van der Waals surface area contributed by atoms with Crippen LogP contribution in [0.5, 0.6) is 0 Å². The van der Waals surface area contributed by atoms with E-state index in [1.54, 1.807) is 12.3 Å². The first kappa shape index (κ1) is 29.8. The molecule has 0 aliphatic heterocycles. The number of imidazole rings is 1. The summed E-state index contributed by atoms with van der Waals surface area (Å²) < 4.78 is 81.2. The summed E-state index contributed by atoms with van der Waals surface area (Å²) in [6, 6.07) is 0.326. The van der Waals surface area contributed by atoms with Crippen molar-refractivity contribution in [3.63, 3.8) is 0 Å². The Morgan fingerprint density at radius 2 is 1.76 bits per heavy atom. The highest BCUT2D eigenvalue weighted by molar-refractivity contribution is 5.90. The van der Waals surface area contributed by atoms with Crippen molar-refractivity contribution in [2.24, 2.45) is 11.8 Å². The molecule has 16 heteroatoms. The van der Waals surface area contributed by atoms with E-state index in [0.717, 1.165) is 23.9 Å². The Balaban J connectivity index is 1.39. The monoisotopic (exact) mass is 600 g/mol. The van der Waals surface area contributed by atoms with Gasteiger partial charge in [-0.3, -0.25) is 9.59 Å². The third-order valence-electron chi connectivity index (χ3n) is 7.72. The molecular weight excluding hydrogens is 570 g/mol. The molecule has 5 rings (SSSR count). The maximum absolute atomic E-state index is 14.0. The molecule has 2 fully saturated rings. The second-order valence-corrected chi connectivity index (χ2v) is 10.9. The molecule has 0 saturated heterocycles. The summed E-state index contributed by atoms with van der Waals surface area (Å²) in [4.78, 5) is 34.0. The van der Waals surface area contributed by atoms with Crippen molar-refractivity contribution in [3.05, 3.63) is 41.9 Å². The lowest BCUT2D eigenvalue weighted by Gasteiger charge is -2.33. The summed E-state index contributed by atoms with van der Waals surface area (Å²) >= 11 is 0. The van der Waals surface area contributed by atoms with Gasteiger partial charge in [-0.05, 0) is 49.1 Å². The van der Waals surface area contributed by atoms with Gasteiger partial charge < -0.3 is 10.6 Å². The molecule has 42 heavy (non-hydrogen) atoms. The molecule has 0 aromatic carbocycles. The van der Waals surface area contributed by atoms with Crippen molar-refractivity contribution in [1.29, 1.82) is 0 Å². The molecule has 2 aliphatic rings. The van der Waals surface area contributed by atoms with Crippen LogP contribution in [0.1, 0.15) is 85.3 Å². The largest absolute Gasteiger partial charge is 0.389 e. The summed E-state index contributed by atoms with van der Waals surface area (Å²) in [6.07, 6.45) is -1.04. The molecule has 2 aliphatic carbocycles. The van der Waals surface area contributed by atoms with Gasteiger partial charge in [-0.1, -0.05) is 0 Å². The number of halogens is 6. The normalized spacial score (nSPS) is 19.0. The average Bonchev–Trinajstić information content (AvgIpc) is 3.51. The number of carbonyl (C=O) groups is 2. The van der Waals surface area contributed by atoms with Gasteiger partial charge in [-0.25, -0.2) is 32.3 Å². The molecular formula is C26H30F6N8O2. The number of aryl methyl sites for hydroxylation is 1. The van der Waals surface area contributed by atoms with Gasteiger partial charge in [0, 0.05) is 19.3 Å². The zero-order chi connectivity index (χ0) is 30.1. The van der Waals surface area contributed by atoms with E-state index < -0.39 is 55.5 Å². The Bertz CT molecular complexity index is 1410. The highest BCUT2D eigenvalue weighted by atomic mass is 19.4. The van der Waals surface area contributed by atoms with Crippen LogP contribution in [-0.2, 0) is 11.3 Å². The molecule has 2 atom stereocenters. The smallest absolute Gasteiger partial charge is 0.349 e. The van der Waals surface area contributed by atoms with E-state index >= 15 is 0 Å². The van der Waals surface area contributed by atoms with Gasteiger partial charge >= 0.3 is 6.18 Å². The predicted molar refractivity (Wildman–Crippen MR) is 135 cm³/mol. The third-order valence-corrected chi connectivity index (χ3v) is 7.72. The number of rotatable bonds is 11. The molecule has 3 aromatic heterocycles. The fraction of sp³-hybridized carbons (Fsp3) is 0.615. The zero-order valence-electron chi connectivity index (χ0n) is 22.5. The number of hydrogen-bond donors (Lipinski definition) is 2. The van der Waals surface area contributed by atoms with Gasteiger partial charge in [0.05, 0.1) is 43.1 Å². The second-order valence-electron chi connectivity index (χ2n) is 10.9. The Labute approximate surface area is 236 Å². The van der Waals surface area contributed by atoms with Gasteiger partial charge in [0.1, 0.15) is 13.0 Å². The minimum absolute atomic E-state index is 0.0520. The zero-order valence-corrected chi connectivity index (χ0v) is 22.5. The van der Waals surface area contributed by atoms with E-state index in [1.165, 1.54) is 10.7 Å². The lowest BCUT2D eigenvalue weighted by Crippen LogP contribution is -2.38. The number of amides is 2. The maximum atomic E-state index is 14.0. The summed E-state index contributed by atoms with van der Waals surface area (Å²) in [5.74, 6) is -4.64. The van der Waals surface area contributed by atoms with E-state index in [4.69, 9.17) is 0 Å². The number of fused-ring (bicyclic) bond motifs is 1. The van der Waals surface area contributed by atoms with Gasteiger partial charge in [-0.15, -0.1) is 0 Å². The second kappa shape index (κ2) is 11.9. The van der Waals surface area contributed by atoms with Crippen LogP contribution in [0.3, 0.4) is 0 Å². The lowest BCUT2D eigenvalue weighted by molar-refractivity contribution is -0.144. The summed E-state index contributed by atoms with van der Waals surface area (Å²) in [6.45, 7) is -0.950. The van der Waals surface area contributed by atoms with Crippen LogP contribution < -0.4 is 10.6 Å². The van der Waals surface area contributed by atoms with Gasteiger partial charge in [0.25, 0.3) is 5.91 Å². The van der Waals surface area contributed by atoms with Crippen molar-refractivity contribution in [1.82, 2.24) is 40.0 Å². The minimum atomic E-state index is -4.44. The highest BCUT2D eigenvalue weighted by Gasteiger charge is 2.40. The molecule has 10 nitrogen and oxygen atoms in total. The van der Waals surface area contributed by atoms with Crippen molar-refractivity contribution in [3.8, 4) is 0 Å². The summed E-state index contributed by atoms with van der Waals surface area (Å²) in [5.41, 5.74) is 1.27. The molecule has 0 spiro atoms. The molecule has 3 heterocycles. The average molecular weight is 601 g/mol. The number of alkyl halides is 6. The van der Waals surface area contributed by atoms with E-state index in [9.17, 15) is 35.9 Å². The summed E-state index contributed by atoms with van der Waals surface area (Å²) in [5, 5.41) is 13.7. The van der Waals surface area contributed by atoms with Crippen LogP contribution >= 0.6 is 0 Å². The topological polar surface area (TPSA) is 119 Å². The van der Waals surface area contributed by atoms with Crippen molar-refractivity contribution in [2.45, 2.75) is 82.1 Å². The van der Waals surface area contributed by atoms with Crippen molar-refractivity contribution in [2.75, 3.05) is 6.67 Å². The first-order chi connectivity index (χ1) is 19.9. The van der Waals surface area contributed by atoms with Gasteiger partial charge in [0.15, 0.2) is 5.65 Å². The Kier molecular flexibility index (Phi) is 8.42. The van der Waals surface area contributed by atoms with Crippen LogP contribution in [0.25, 0.3) is 5.65 Å². The van der Waals surface area contributed by atoms with E-state index in [0.29, 0.717) is 16.9 Å². The van der Waals surface area contributed by atoms with Crippen LogP contribution in [0.2, 0.25) is 0 Å². The van der Waals surface area contributed by atoms with E-state index in [1.807, 2.05) is 0 Å². The Morgan fingerprint density at radius 1 is 1.05 bits per heavy atom. The predicted octanol–water partition coefficient (Wildman–Crippen LogP) is 4.50. The lowest BCUT2D eigenvalue weighted by atomic mass is 9.81. The number of aromatic nitrogens is 6. The van der Waals surface area contributed by atoms with E-state index in [2.05, 4.69) is 30.8 Å². The van der Waals surface area contributed by atoms with Gasteiger partial charge in [0.2, 0.25) is 17.7 Å². The molecule has 2 saturated carbocycles. The first-order valence-corrected chi connectivity index (χ1v) is 13.8. The molecule has 2 amide bonds. The number of hydrogen-bond acceptors (Lipinski definition) is 6. The van der Waals surface area contributed by atoms with Crippen LogP contribution in [0.15, 0.2) is 24.8 Å². The molecule has 0 unspecified atom stereocenters.